The largest absolute Gasteiger partial charge is 0.175 e. The minimum absolute atomic E-state index is 0.767. The molecule has 0 fully saturated rings. The molecule has 0 nitrogen and oxygen atoms in total. The summed E-state index contributed by atoms with van der Waals surface area (Å²) >= 11 is 0. The zero-order valence-corrected chi connectivity index (χ0v) is 16.7. The average Bonchev–Trinajstić information content (AvgIpc) is 2.73. The third-order valence-electron chi connectivity index (χ3n) is 4.97. The van der Waals surface area contributed by atoms with E-state index < -0.39 is 10.4 Å². The normalized spacial score (nSPS) is 12.2. The summed E-state index contributed by atoms with van der Waals surface area (Å²) in [4.78, 5) is 2.30. The van der Waals surface area contributed by atoms with Crippen LogP contribution in [0.2, 0.25) is 0 Å². The van der Waals surface area contributed by atoms with Gasteiger partial charge in [0.05, 0.1) is 0 Å². The van der Waals surface area contributed by atoms with Crippen molar-refractivity contribution in [3.05, 3.63) is 89.5 Å². The van der Waals surface area contributed by atoms with Crippen molar-refractivity contribution in [3.63, 3.8) is 0 Å². The van der Waals surface area contributed by atoms with Crippen molar-refractivity contribution in [2.24, 2.45) is 0 Å². The van der Waals surface area contributed by atoms with Crippen molar-refractivity contribution in [1.82, 2.24) is 0 Å². The maximum absolute atomic E-state index is 16.8. The van der Waals surface area contributed by atoms with Gasteiger partial charge in [-0.1, -0.05) is 57.2 Å². The second-order valence-corrected chi connectivity index (χ2v) is 9.02. The van der Waals surface area contributed by atoms with Crippen molar-refractivity contribution in [2.75, 3.05) is 0 Å². The van der Waals surface area contributed by atoms with E-state index in [2.05, 4.69) is 57.2 Å². The van der Waals surface area contributed by atoms with E-state index in [0.717, 1.165) is 33.9 Å². The molecule has 0 aliphatic carbocycles. The van der Waals surface area contributed by atoms with E-state index in [0.29, 0.717) is 0 Å². The van der Waals surface area contributed by atoms with Gasteiger partial charge in [0.25, 0.3) is 0 Å². The predicted molar refractivity (Wildman–Crippen MR) is 111 cm³/mol. The monoisotopic (exact) mass is 366 g/mol. The minimum Gasteiger partial charge on any atom is -0.175 e. The van der Waals surface area contributed by atoms with Gasteiger partial charge in [0.15, 0.2) is 0 Å². The van der Waals surface area contributed by atoms with Gasteiger partial charge in [-0.2, -0.15) is 3.89 Å². The molecule has 0 unspecified atom stereocenters. The standard InChI is InChI=1S/C24H27FS/c1-4-19-7-13-22(14-8-19)26(25,23-15-9-20(5-2)10-16-23)24-17-11-21(6-3)12-18-24/h7-18H,4-6H2,1-3H3. The third kappa shape index (κ3) is 3.57. The highest BCUT2D eigenvalue weighted by molar-refractivity contribution is 8.29. The van der Waals surface area contributed by atoms with Crippen molar-refractivity contribution < 1.29 is 3.89 Å². The van der Waals surface area contributed by atoms with Crippen LogP contribution in [0.1, 0.15) is 37.5 Å². The fourth-order valence-electron chi connectivity index (χ4n) is 3.15. The Balaban J connectivity index is 2.15. The van der Waals surface area contributed by atoms with E-state index in [9.17, 15) is 0 Å². The summed E-state index contributed by atoms with van der Waals surface area (Å²) in [6, 6.07) is 24.1. The molecular formula is C24H27FS. The first-order valence-electron chi connectivity index (χ1n) is 9.41. The first-order valence-corrected chi connectivity index (χ1v) is 10.9. The zero-order valence-electron chi connectivity index (χ0n) is 15.8. The topological polar surface area (TPSA) is 0 Å². The van der Waals surface area contributed by atoms with Gasteiger partial charge in [-0.3, -0.25) is 0 Å². The maximum Gasteiger partial charge on any atom is 0.0263 e. The number of rotatable bonds is 6. The molecule has 0 N–H and O–H groups in total. The van der Waals surface area contributed by atoms with E-state index in [4.69, 9.17) is 0 Å². The lowest BCUT2D eigenvalue weighted by molar-refractivity contribution is 0.868. The van der Waals surface area contributed by atoms with Crippen molar-refractivity contribution >= 4 is 10.4 Å². The second-order valence-electron chi connectivity index (χ2n) is 6.53. The first kappa shape index (κ1) is 18.7. The van der Waals surface area contributed by atoms with Crippen LogP contribution in [-0.2, 0) is 19.3 Å². The Morgan fingerprint density at radius 1 is 0.500 bits per heavy atom. The smallest absolute Gasteiger partial charge is 0.0263 e. The van der Waals surface area contributed by atoms with E-state index in [1.165, 1.54) is 16.7 Å². The second kappa shape index (κ2) is 8.09. The zero-order chi connectivity index (χ0) is 18.6. The Hall–Kier alpha value is -2.06. The quantitative estimate of drug-likeness (QED) is 0.423. The molecule has 0 bridgehead atoms. The summed E-state index contributed by atoms with van der Waals surface area (Å²) in [6.45, 7) is 6.37. The minimum atomic E-state index is -2.75. The summed E-state index contributed by atoms with van der Waals surface area (Å²) in [7, 11) is -2.75. The molecule has 3 aromatic rings. The van der Waals surface area contributed by atoms with Gasteiger partial charge in [0.2, 0.25) is 0 Å². The number of hydrogen-bond donors (Lipinski definition) is 0. The van der Waals surface area contributed by atoms with E-state index in [-0.39, 0.29) is 0 Å². The lowest BCUT2D eigenvalue weighted by atomic mass is 10.2. The van der Waals surface area contributed by atoms with Gasteiger partial charge in [-0.25, -0.2) is 0 Å². The van der Waals surface area contributed by atoms with Gasteiger partial charge in [0.1, 0.15) is 0 Å². The van der Waals surface area contributed by atoms with Crippen LogP contribution < -0.4 is 0 Å². The van der Waals surface area contributed by atoms with Gasteiger partial charge >= 0.3 is 0 Å². The summed E-state index contributed by atoms with van der Waals surface area (Å²) < 4.78 is 16.8. The molecule has 0 amide bonds. The van der Waals surface area contributed by atoms with E-state index in [1.54, 1.807) is 0 Å². The SMILES string of the molecule is CCc1ccc(S(F)(c2ccc(CC)cc2)c2ccc(CC)cc2)cc1. The Kier molecular flexibility index (Phi) is 5.83. The maximum atomic E-state index is 16.8. The molecule has 0 saturated carbocycles. The Labute approximate surface area is 158 Å². The highest BCUT2D eigenvalue weighted by Crippen LogP contribution is 2.69. The molecule has 0 spiro atoms. The molecule has 136 valence electrons. The Morgan fingerprint density at radius 2 is 0.731 bits per heavy atom. The molecular weight excluding hydrogens is 339 g/mol. The lowest BCUT2D eigenvalue weighted by Gasteiger charge is -2.32. The van der Waals surface area contributed by atoms with Crippen LogP contribution >= 0.6 is 10.4 Å². The summed E-state index contributed by atoms with van der Waals surface area (Å²) in [5.74, 6) is 0. The van der Waals surface area contributed by atoms with Crippen molar-refractivity contribution in [1.29, 1.82) is 0 Å². The van der Waals surface area contributed by atoms with Gasteiger partial charge in [0, 0.05) is 14.7 Å². The molecule has 0 aliphatic heterocycles. The van der Waals surface area contributed by atoms with E-state index in [1.807, 2.05) is 36.4 Å². The molecule has 3 rings (SSSR count). The van der Waals surface area contributed by atoms with Crippen LogP contribution in [0.25, 0.3) is 0 Å². The van der Waals surface area contributed by atoms with Gasteiger partial charge in [-0.05, 0) is 82.8 Å². The van der Waals surface area contributed by atoms with Crippen LogP contribution in [0.3, 0.4) is 0 Å². The van der Waals surface area contributed by atoms with Crippen LogP contribution in [0.15, 0.2) is 87.5 Å². The Bertz CT molecular complexity index is 717. The average molecular weight is 367 g/mol. The first-order chi connectivity index (χ1) is 12.6. The van der Waals surface area contributed by atoms with Gasteiger partial charge in [-0.15, -0.1) is 0 Å². The molecule has 3 aromatic carbocycles. The van der Waals surface area contributed by atoms with Crippen LogP contribution in [0.4, 0.5) is 3.89 Å². The Morgan fingerprint density at radius 3 is 0.923 bits per heavy atom. The van der Waals surface area contributed by atoms with Crippen molar-refractivity contribution in [2.45, 2.75) is 54.7 Å². The van der Waals surface area contributed by atoms with Crippen LogP contribution in [0.5, 0.6) is 0 Å². The molecule has 26 heavy (non-hydrogen) atoms. The van der Waals surface area contributed by atoms with Crippen LogP contribution in [-0.4, -0.2) is 0 Å². The lowest BCUT2D eigenvalue weighted by Crippen LogP contribution is -1.99. The van der Waals surface area contributed by atoms with Crippen molar-refractivity contribution in [3.8, 4) is 0 Å². The number of halogens is 1. The number of benzene rings is 3. The summed E-state index contributed by atoms with van der Waals surface area (Å²) in [6.07, 6.45) is 2.89. The molecule has 2 heteroatoms. The molecule has 0 radical (unpaired) electrons. The molecule has 0 aromatic heterocycles. The fraction of sp³-hybridized carbons (Fsp3) is 0.250. The highest BCUT2D eigenvalue weighted by Gasteiger charge is 2.31. The number of aryl methyl sites for hydroxylation is 3. The van der Waals surface area contributed by atoms with Gasteiger partial charge < -0.3 is 0 Å². The third-order valence-corrected chi connectivity index (χ3v) is 7.73. The van der Waals surface area contributed by atoms with E-state index >= 15 is 3.89 Å². The summed E-state index contributed by atoms with van der Waals surface area (Å²) in [5, 5.41) is 0. The molecule has 0 atom stereocenters. The molecule has 0 heterocycles. The molecule has 0 saturated heterocycles. The fourth-order valence-corrected chi connectivity index (χ4v) is 5.50. The summed E-state index contributed by atoms with van der Waals surface area (Å²) in [5.41, 5.74) is 3.70. The molecule has 0 aliphatic rings. The highest BCUT2D eigenvalue weighted by atomic mass is 32.3. The number of hydrogen-bond acceptors (Lipinski definition) is 0. The predicted octanol–water partition coefficient (Wildman–Crippen LogP) is 7.54. The van der Waals surface area contributed by atoms with Crippen LogP contribution in [0, 0.1) is 0 Å².